The lowest BCUT2D eigenvalue weighted by Crippen LogP contribution is -1.85. The average Bonchev–Trinajstić information content (AvgIpc) is 2.89. The van der Waals surface area contributed by atoms with Crippen molar-refractivity contribution in [2.75, 3.05) is 12.3 Å². The fraction of sp³-hybridized carbons (Fsp3) is 0.970. The Balaban J connectivity index is 3.02. The highest BCUT2D eigenvalue weighted by molar-refractivity contribution is 7.80. The molecule has 0 amide bonds. The number of carbonyl (C=O) groups excluding carboxylic acids is 1. The van der Waals surface area contributed by atoms with Crippen molar-refractivity contribution >= 4 is 18.7 Å². The highest BCUT2D eigenvalue weighted by Crippen LogP contribution is 2.16. The molecular formula is C33H65NOS. The smallest absolute Gasteiger partial charge is 0.211 e. The zero-order valence-corrected chi connectivity index (χ0v) is 25.3. The van der Waals surface area contributed by atoms with E-state index in [0.29, 0.717) is 6.54 Å². The molecule has 36 heavy (non-hydrogen) atoms. The van der Waals surface area contributed by atoms with Gasteiger partial charge in [0.2, 0.25) is 6.08 Å². The Morgan fingerprint density at radius 3 is 0.722 bits per heavy atom. The van der Waals surface area contributed by atoms with Crippen LogP contribution in [0.5, 0.6) is 0 Å². The molecule has 0 aliphatic carbocycles. The van der Waals surface area contributed by atoms with Gasteiger partial charge in [-0.05, 0) is 18.6 Å². The van der Waals surface area contributed by atoms with Crippen LogP contribution in [0.2, 0.25) is 0 Å². The summed E-state index contributed by atoms with van der Waals surface area (Å²) in [5.41, 5.74) is 0. The standard InChI is InChI=1S/C33H65NOS/c35-33-34-31-29-27-25-23-21-19-17-15-13-11-9-7-5-3-1-2-4-6-8-10-12-14-16-18-20-22-24-26-28-30-32-36/h36H,1-32H2. The molecule has 0 unspecified atom stereocenters. The summed E-state index contributed by atoms with van der Waals surface area (Å²) in [5.74, 6) is 1.06. The van der Waals surface area contributed by atoms with Gasteiger partial charge in [-0.3, -0.25) is 0 Å². The summed E-state index contributed by atoms with van der Waals surface area (Å²) >= 11 is 4.28. The minimum Gasteiger partial charge on any atom is -0.211 e. The van der Waals surface area contributed by atoms with Crippen molar-refractivity contribution in [1.29, 1.82) is 0 Å². The Kier molecular flexibility index (Phi) is 34.5. The van der Waals surface area contributed by atoms with Crippen LogP contribution in [0.15, 0.2) is 4.99 Å². The summed E-state index contributed by atoms with van der Waals surface area (Å²) < 4.78 is 0. The lowest BCUT2D eigenvalue weighted by Gasteiger charge is -2.04. The first-order valence-electron chi connectivity index (χ1n) is 16.6. The third-order valence-electron chi connectivity index (χ3n) is 7.74. The van der Waals surface area contributed by atoms with Crippen LogP contribution in [0.1, 0.15) is 193 Å². The molecule has 3 heteroatoms. The molecule has 0 fully saturated rings. The summed E-state index contributed by atoms with van der Waals surface area (Å²) in [5, 5.41) is 0. The van der Waals surface area contributed by atoms with Crippen LogP contribution in [0.25, 0.3) is 0 Å². The number of unbranched alkanes of at least 4 members (excludes halogenated alkanes) is 29. The van der Waals surface area contributed by atoms with E-state index in [0.717, 1.165) is 12.2 Å². The largest absolute Gasteiger partial charge is 0.234 e. The molecule has 0 spiro atoms. The lowest BCUT2D eigenvalue weighted by atomic mass is 10.0. The quantitative estimate of drug-likeness (QED) is 0.0404. The van der Waals surface area contributed by atoms with E-state index in [2.05, 4.69) is 17.6 Å². The molecule has 0 N–H and O–H groups in total. The fourth-order valence-corrected chi connectivity index (χ4v) is 5.52. The second-order valence-electron chi connectivity index (χ2n) is 11.3. The molecule has 0 atom stereocenters. The first-order chi connectivity index (χ1) is 17.9. The first-order valence-corrected chi connectivity index (χ1v) is 17.2. The highest BCUT2D eigenvalue weighted by Gasteiger charge is 1.97. The zero-order valence-electron chi connectivity index (χ0n) is 24.4. The average molecular weight is 524 g/mol. The van der Waals surface area contributed by atoms with E-state index in [4.69, 9.17) is 0 Å². The molecule has 0 aromatic heterocycles. The van der Waals surface area contributed by atoms with Gasteiger partial charge in [-0.25, -0.2) is 9.79 Å². The van der Waals surface area contributed by atoms with Crippen LogP contribution in [-0.4, -0.2) is 18.4 Å². The third-order valence-corrected chi connectivity index (χ3v) is 8.06. The Bertz CT molecular complexity index is 435. The minimum atomic E-state index is 0.669. The maximum absolute atomic E-state index is 9.98. The molecular weight excluding hydrogens is 458 g/mol. The maximum atomic E-state index is 9.98. The fourth-order valence-electron chi connectivity index (χ4n) is 5.30. The topological polar surface area (TPSA) is 29.4 Å². The van der Waals surface area contributed by atoms with E-state index in [-0.39, 0.29) is 0 Å². The number of hydrogen-bond donors (Lipinski definition) is 1. The normalized spacial score (nSPS) is 11.1. The molecule has 0 bridgehead atoms. The van der Waals surface area contributed by atoms with Gasteiger partial charge in [-0.1, -0.05) is 180 Å². The van der Waals surface area contributed by atoms with Gasteiger partial charge in [0, 0.05) is 0 Å². The summed E-state index contributed by atoms with van der Waals surface area (Å²) in [6.07, 6.45) is 44.1. The van der Waals surface area contributed by atoms with Gasteiger partial charge in [0.1, 0.15) is 0 Å². The lowest BCUT2D eigenvalue weighted by molar-refractivity contribution is 0.513. The Labute approximate surface area is 233 Å². The summed E-state index contributed by atoms with van der Waals surface area (Å²) in [6, 6.07) is 0. The van der Waals surface area contributed by atoms with Gasteiger partial charge < -0.3 is 0 Å². The van der Waals surface area contributed by atoms with Gasteiger partial charge in [0.05, 0.1) is 6.54 Å². The predicted molar refractivity (Wildman–Crippen MR) is 165 cm³/mol. The predicted octanol–water partition coefficient (Wildman–Crippen LogP) is 12.0. The molecule has 0 heterocycles. The second kappa shape index (κ2) is 34.7. The number of isocyanates is 1. The van der Waals surface area contributed by atoms with Crippen molar-refractivity contribution < 1.29 is 4.79 Å². The number of rotatable bonds is 32. The van der Waals surface area contributed by atoms with Crippen molar-refractivity contribution in [2.45, 2.75) is 193 Å². The Morgan fingerprint density at radius 2 is 0.528 bits per heavy atom. The second-order valence-corrected chi connectivity index (χ2v) is 11.8. The van der Waals surface area contributed by atoms with Crippen molar-refractivity contribution in [2.24, 2.45) is 4.99 Å². The van der Waals surface area contributed by atoms with Crippen molar-refractivity contribution in [3.05, 3.63) is 0 Å². The molecule has 0 saturated heterocycles. The molecule has 0 aliphatic rings. The van der Waals surface area contributed by atoms with Gasteiger partial charge in [0.25, 0.3) is 0 Å². The van der Waals surface area contributed by atoms with E-state index >= 15 is 0 Å². The van der Waals surface area contributed by atoms with E-state index in [1.165, 1.54) is 186 Å². The Hall–Kier alpha value is -0.270. The number of aliphatic imine (C=N–C) groups is 1. The summed E-state index contributed by atoms with van der Waals surface area (Å²) in [4.78, 5) is 13.6. The van der Waals surface area contributed by atoms with Crippen LogP contribution < -0.4 is 0 Å². The van der Waals surface area contributed by atoms with E-state index < -0.39 is 0 Å². The van der Waals surface area contributed by atoms with Gasteiger partial charge in [-0.15, -0.1) is 0 Å². The van der Waals surface area contributed by atoms with Crippen LogP contribution in [0, 0.1) is 0 Å². The van der Waals surface area contributed by atoms with Crippen molar-refractivity contribution in [3.8, 4) is 0 Å². The van der Waals surface area contributed by atoms with Gasteiger partial charge in [-0.2, -0.15) is 12.6 Å². The molecule has 0 saturated carbocycles. The monoisotopic (exact) mass is 523 g/mol. The van der Waals surface area contributed by atoms with E-state index in [1.54, 1.807) is 6.08 Å². The number of hydrogen-bond acceptors (Lipinski definition) is 3. The van der Waals surface area contributed by atoms with Gasteiger partial charge in [0.15, 0.2) is 0 Å². The number of nitrogens with zero attached hydrogens (tertiary/aromatic N) is 1. The van der Waals surface area contributed by atoms with Crippen LogP contribution >= 0.6 is 12.6 Å². The van der Waals surface area contributed by atoms with Crippen LogP contribution in [0.3, 0.4) is 0 Å². The summed E-state index contributed by atoms with van der Waals surface area (Å²) in [6.45, 7) is 0.669. The van der Waals surface area contributed by atoms with E-state index in [1.807, 2.05) is 0 Å². The zero-order chi connectivity index (χ0) is 26.0. The van der Waals surface area contributed by atoms with Gasteiger partial charge >= 0.3 is 0 Å². The Morgan fingerprint density at radius 1 is 0.333 bits per heavy atom. The molecule has 0 aliphatic heterocycles. The maximum Gasteiger partial charge on any atom is 0.234 e. The number of thiol groups is 1. The molecule has 2 nitrogen and oxygen atoms in total. The third kappa shape index (κ3) is 33.7. The molecule has 0 aromatic carbocycles. The van der Waals surface area contributed by atoms with Crippen molar-refractivity contribution in [1.82, 2.24) is 0 Å². The summed E-state index contributed by atoms with van der Waals surface area (Å²) in [7, 11) is 0. The molecule has 0 rings (SSSR count). The van der Waals surface area contributed by atoms with E-state index in [9.17, 15) is 4.79 Å². The van der Waals surface area contributed by atoms with Crippen molar-refractivity contribution in [3.63, 3.8) is 0 Å². The van der Waals surface area contributed by atoms with Crippen LogP contribution in [0.4, 0.5) is 0 Å². The minimum absolute atomic E-state index is 0.669. The molecule has 0 radical (unpaired) electrons. The first kappa shape index (κ1) is 35.7. The molecule has 0 aromatic rings. The highest BCUT2D eigenvalue weighted by atomic mass is 32.1. The SMILES string of the molecule is O=C=NCCCCCCCCCCCCCCCCCCCCCCCCCCCCCCCCS. The van der Waals surface area contributed by atoms with Crippen LogP contribution in [-0.2, 0) is 4.79 Å². The molecule has 214 valence electrons.